The van der Waals surface area contributed by atoms with E-state index in [1.165, 1.54) is 7.11 Å². The van der Waals surface area contributed by atoms with Gasteiger partial charge in [0.15, 0.2) is 0 Å². The highest BCUT2D eigenvalue weighted by Crippen LogP contribution is 2.23. The van der Waals surface area contributed by atoms with Crippen molar-refractivity contribution < 1.29 is 9.53 Å². The molecule has 0 aliphatic carbocycles. The second-order valence-electron chi connectivity index (χ2n) is 3.51. The molecular formula is C13H13NO2. The van der Waals surface area contributed by atoms with Gasteiger partial charge in [-0.05, 0) is 18.1 Å². The summed E-state index contributed by atoms with van der Waals surface area (Å²) in [5.74, 6) is -0.340. The summed E-state index contributed by atoms with van der Waals surface area (Å²) in [6, 6.07) is 7.80. The largest absolute Gasteiger partial charge is 0.464 e. The van der Waals surface area contributed by atoms with Crippen LogP contribution in [0.2, 0.25) is 0 Å². The molecule has 0 radical (unpaired) electrons. The molecule has 82 valence electrons. The highest BCUT2D eigenvalue weighted by Gasteiger charge is 2.16. The Morgan fingerprint density at radius 1 is 1.50 bits per heavy atom. The van der Waals surface area contributed by atoms with Gasteiger partial charge in [-0.3, -0.25) is 0 Å². The number of nitrogens with one attached hydrogen (secondary N) is 1. The Kier molecular flexibility index (Phi) is 2.77. The Hall–Kier alpha value is -2.03. The third-order valence-corrected chi connectivity index (χ3v) is 2.55. The topological polar surface area (TPSA) is 42.1 Å². The van der Waals surface area contributed by atoms with Crippen LogP contribution in [0, 0.1) is 0 Å². The molecule has 0 atom stereocenters. The fraction of sp³-hybridized carbons (Fsp3) is 0.154. The quantitative estimate of drug-likeness (QED) is 0.631. The van der Waals surface area contributed by atoms with Gasteiger partial charge in [-0.2, -0.15) is 0 Å². The van der Waals surface area contributed by atoms with Gasteiger partial charge >= 0.3 is 5.97 Å². The third kappa shape index (κ3) is 1.60. The predicted molar refractivity (Wildman–Crippen MR) is 63.5 cm³/mol. The van der Waals surface area contributed by atoms with E-state index >= 15 is 0 Å². The van der Waals surface area contributed by atoms with Crippen molar-refractivity contribution in [2.45, 2.75) is 6.42 Å². The highest BCUT2D eigenvalue weighted by atomic mass is 16.5. The molecule has 0 saturated carbocycles. The Bertz CT molecular complexity index is 540. The molecule has 1 N–H and O–H groups in total. The average Bonchev–Trinajstić information content (AvgIpc) is 2.68. The van der Waals surface area contributed by atoms with Crippen LogP contribution < -0.4 is 0 Å². The van der Waals surface area contributed by atoms with Crippen LogP contribution in [0.25, 0.3) is 10.9 Å². The number of hydrogen-bond acceptors (Lipinski definition) is 2. The first kappa shape index (κ1) is 10.5. The number of hydrogen-bond donors (Lipinski definition) is 1. The molecule has 3 nitrogen and oxygen atoms in total. The highest BCUT2D eigenvalue weighted by molar-refractivity contribution is 5.98. The van der Waals surface area contributed by atoms with Crippen LogP contribution in [0.3, 0.4) is 0 Å². The lowest BCUT2D eigenvalue weighted by atomic mass is 10.1. The van der Waals surface area contributed by atoms with E-state index in [2.05, 4.69) is 11.6 Å². The summed E-state index contributed by atoms with van der Waals surface area (Å²) in [5.41, 5.74) is 2.40. The molecule has 0 saturated heterocycles. The summed E-state index contributed by atoms with van der Waals surface area (Å²) in [5, 5.41) is 1.04. The number of para-hydroxylation sites is 1. The van der Waals surface area contributed by atoms with Crippen LogP contribution in [0.15, 0.2) is 36.9 Å². The summed E-state index contributed by atoms with van der Waals surface area (Å²) in [6.07, 6.45) is 2.43. The lowest BCUT2D eigenvalue weighted by molar-refractivity contribution is 0.0594. The van der Waals surface area contributed by atoms with Gasteiger partial charge < -0.3 is 9.72 Å². The standard InChI is InChI=1S/C13H13NO2/c1-3-6-10-9-7-4-5-8-11(9)14-12(10)13(15)16-2/h3-5,7-8,14H,1,6H2,2H3. The summed E-state index contributed by atoms with van der Waals surface area (Å²) >= 11 is 0. The van der Waals surface area contributed by atoms with Crippen molar-refractivity contribution in [3.8, 4) is 0 Å². The van der Waals surface area contributed by atoms with Gasteiger partial charge in [0.05, 0.1) is 7.11 Å². The zero-order valence-corrected chi connectivity index (χ0v) is 9.12. The zero-order valence-electron chi connectivity index (χ0n) is 9.12. The van der Waals surface area contributed by atoms with Crippen molar-refractivity contribution in [2.24, 2.45) is 0 Å². The zero-order chi connectivity index (χ0) is 11.5. The average molecular weight is 215 g/mol. The van der Waals surface area contributed by atoms with Crippen LogP contribution in [-0.2, 0) is 11.2 Å². The molecule has 0 amide bonds. The molecule has 0 unspecified atom stereocenters. The minimum atomic E-state index is -0.340. The molecule has 0 spiro atoms. The van der Waals surface area contributed by atoms with Gasteiger partial charge in [0.25, 0.3) is 0 Å². The summed E-state index contributed by atoms with van der Waals surface area (Å²) < 4.78 is 4.75. The molecule has 1 aromatic carbocycles. The molecule has 2 aromatic rings. The minimum Gasteiger partial charge on any atom is -0.464 e. The van der Waals surface area contributed by atoms with Crippen molar-refractivity contribution in [2.75, 3.05) is 7.11 Å². The Balaban J connectivity index is 2.67. The molecule has 0 fully saturated rings. The molecule has 1 heterocycles. The predicted octanol–water partition coefficient (Wildman–Crippen LogP) is 2.68. The summed E-state index contributed by atoms with van der Waals surface area (Å²) in [7, 11) is 1.38. The second kappa shape index (κ2) is 4.23. The number of esters is 1. The number of aromatic nitrogens is 1. The fourth-order valence-corrected chi connectivity index (χ4v) is 1.83. The van der Waals surface area contributed by atoms with E-state index in [4.69, 9.17) is 4.74 Å². The van der Waals surface area contributed by atoms with Gasteiger partial charge in [-0.25, -0.2) is 4.79 Å². The SMILES string of the molecule is C=CCc1c(C(=O)OC)[nH]c2ccccc12. The summed E-state index contributed by atoms with van der Waals surface area (Å²) in [6.45, 7) is 3.70. The number of aromatic amines is 1. The van der Waals surface area contributed by atoms with E-state index in [9.17, 15) is 4.79 Å². The third-order valence-electron chi connectivity index (χ3n) is 2.55. The van der Waals surface area contributed by atoms with E-state index < -0.39 is 0 Å². The number of H-pyrrole nitrogens is 1. The van der Waals surface area contributed by atoms with Gasteiger partial charge in [0.2, 0.25) is 0 Å². The molecule has 2 rings (SSSR count). The first-order valence-electron chi connectivity index (χ1n) is 5.06. The molecule has 3 heteroatoms. The van der Waals surface area contributed by atoms with Crippen LogP contribution in [0.5, 0.6) is 0 Å². The molecular weight excluding hydrogens is 202 g/mol. The van der Waals surface area contributed by atoms with Crippen molar-refractivity contribution in [3.63, 3.8) is 0 Å². The number of carbonyl (C=O) groups excluding carboxylic acids is 1. The van der Waals surface area contributed by atoms with Crippen LogP contribution >= 0.6 is 0 Å². The van der Waals surface area contributed by atoms with Crippen LogP contribution in [-0.4, -0.2) is 18.1 Å². The normalized spacial score (nSPS) is 10.3. The van der Waals surface area contributed by atoms with E-state index in [0.29, 0.717) is 12.1 Å². The first-order chi connectivity index (χ1) is 7.77. The van der Waals surface area contributed by atoms with Crippen molar-refractivity contribution >= 4 is 16.9 Å². The van der Waals surface area contributed by atoms with Crippen molar-refractivity contribution in [3.05, 3.63) is 48.2 Å². The van der Waals surface area contributed by atoms with Gasteiger partial charge in [0, 0.05) is 10.9 Å². The number of fused-ring (bicyclic) bond motifs is 1. The van der Waals surface area contributed by atoms with Crippen molar-refractivity contribution in [1.82, 2.24) is 4.98 Å². The Labute approximate surface area is 93.7 Å². The van der Waals surface area contributed by atoms with Gasteiger partial charge in [0.1, 0.15) is 5.69 Å². The van der Waals surface area contributed by atoms with Crippen molar-refractivity contribution in [1.29, 1.82) is 0 Å². The molecule has 0 aliphatic rings. The lowest BCUT2D eigenvalue weighted by Crippen LogP contribution is -2.04. The molecule has 1 aromatic heterocycles. The van der Waals surface area contributed by atoms with Crippen LogP contribution in [0.4, 0.5) is 0 Å². The minimum absolute atomic E-state index is 0.340. The lowest BCUT2D eigenvalue weighted by Gasteiger charge is -1.99. The smallest absolute Gasteiger partial charge is 0.354 e. The fourth-order valence-electron chi connectivity index (χ4n) is 1.83. The number of carbonyl (C=O) groups is 1. The van der Waals surface area contributed by atoms with E-state index in [-0.39, 0.29) is 5.97 Å². The van der Waals surface area contributed by atoms with E-state index in [1.54, 1.807) is 6.08 Å². The number of rotatable bonds is 3. The van der Waals surface area contributed by atoms with E-state index in [1.807, 2.05) is 24.3 Å². The molecule has 0 aliphatic heterocycles. The number of allylic oxidation sites excluding steroid dienone is 1. The Morgan fingerprint density at radius 3 is 2.94 bits per heavy atom. The number of benzene rings is 1. The maximum absolute atomic E-state index is 11.6. The maximum Gasteiger partial charge on any atom is 0.354 e. The monoisotopic (exact) mass is 215 g/mol. The second-order valence-corrected chi connectivity index (χ2v) is 3.51. The van der Waals surface area contributed by atoms with Gasteiger partial charge in [-0.1, -0.05) is 24.3 Å². The van der Waals surface area contributed by atoms with E-state index in [0.717, 1.165) is 16.5 Å². The molecule has 16 heavy (non-hydrogen) atoms. The van der Waals surface area contributed by atoms with Crippen LogP contribution in [0.1, 0.15) is 16.1 Å². The maximum atomic E-state index is 11.6. The Morgan fingerprint density at radius 2 is 2.25 bits per heavy atom. The number of methoxy groups -OCH3 is 1. The molecule has 0 bridgehead atoms. The summed E-state index contributed by atoms with van der Waals surface area (Å²) in [4.78, 5) is 14.7. The first-order valence-corrected chi connectivity index (χ1v) is 5.06. The number of ether oxygens (including phenoxy) is 1. The van der Waals surface area contributed by atoms with Gasteiger partial charge in [-0.15, -0.1) is 6.58 Å².